The molecule has 0 radical (unpaired) electrons. The molecule has 1 atom stereocenters. The fraction of sp³-hybridized carbons (Fsp3) is 0.188. The number of fused-ring (bicyclic) bond motifs is 1. The molecule has 0 aliphatic carbocycles. The van der Waals surface area contributed by atoms with E-state index in [4.69, 9.17) is 4.74 Å². The van der Waals surface area contributed by atoms with Gasteiger partial charge in [0.05, 0.1) is 22.3 Å². The summed E-state index contributed by atoms with van der Waals surface area (Å²) in [5.74, 6) is -2.85. The maximum atomic E-state index is 15.5. The van der Waals surface area contributed by atoms with E-state index in [1.807, 2.05) is 0 Å². The Labute approximate surface area is 243 Å². The average Bonchev–Trinajstić information content (AvgIpc) is 3.55. The van der Waals surface area contributed by atoms with Gasteiger partial charge in [0.15, 0.2) is 0 Å². The van der Waals surface area contributed by atoms with Crippen LogP contribution in [-0.4, -0.2) is 38.1 Å². The number of aryl methyl sites for hydroxylation is 1. The smallest absolute Gasteiger partial charge is 0.335 e. The number of aromatic nitrogens is 3. The maximum absolute atomic E-state index is 15.5. The van der Waals surface area contributed by atoms with Crippen LogP contribution in [0.3, 0.4) is 0 Å². The van der Waals surface area contributed by atoms with Crippen LogP contribution in [0.15, 0.2) is 66.7 Å². The van der Waals surface area contributed by atoms with Crippen molar-refractivity contribution in [1.29, 1.82) is 0 Å². The van der Waals surface area contributed by atoms with Crippen LogP contribution in [0.2, 0.25) is 0 Å². The lowest BCUT2D eigenvalue weighted by Crippen LogP contribution is -2.23. The third-order valence-electron chi connectivity index (χ3n) is 7.41. The molecule has 0 bridgehead atoms. The predicted molar refractivity (Wildman–Crippen MR) is 151 cm³/mol. The summed E-state index contributed by atoms with van der Waals surface area (Å²) in [6.45, 7) is 2.11. The topological polar surface area (TPSA) is 106 Å². The second-order valence-corrected chi connectivity index (χ2v) is 10.3. The highest BCUT2D eigenvalue weighted by Gasteiger charge is 2.30. The number of benzene rings is 3. The third-order valence-corrected chi connectivity index (χ3v) is 7.41. The van der Waals surface area contributed by atoms with E-state index in [2.05, 4.69) is 15.3 Å². The van der Waals surface area contributed by atoms with Crippen molar-refractivity contribution in [1.82, 2.24) is 19.9 Å². The van der Waals surface area contributed by atoms with Crippen LogP contribution in [0.4, 0.5) is 13.2 Å². The molecule has 8 nitrogen and oxygen atoms in total. The number of aromatic carboxylic acids is 1. The Balaban J connectivity index is 1.30. The first-order valence-corrected chi connectivity index (χ1v) is 13.5. The second kappa shape index (κ2) is 11.2. The molecule has 2 aromatic heterocycles. The third kappa shape index (κ3) is 5.53. The van der Waals surface area contributed by atoms with Crippen LogP contribution >= 0.6 is 0 Å². The molecule has 6 rings (SSSR count). The van der Waals surface area contributed by atoms with Gasteiger partial charge in [-0.3, -0.25) is 4.79 Å². The predicted octanol–water partition coefficient (Wildman–Crippen LogP) is 5.75. The quantitative estimate of drug-likeness (QED) is 0.240. The summed E-state index contributed by atoms with van der Waals surface area (Å²) >= 11 is 0. The maximum Gasteiger partial charge on any atom is 0.335 e. The molecule has 1 aliphatic heterocycles. The van der Waals surface area contributed by atoms with Crippen LogP contribution in [0.1, 0.15) is 45.3 Å². The molecule has 0 saturated carbocycles. The Hall–Kier alpha value is -5.19. The monoisotopic (exact) mass is 586 g/mol. The molecule has 2 N–H and O–H groups in total. The van der Waals surface area contributed by atoms with Gasteiger partial charge in [-0.2, -0.15) is 0 Å². The first-order chi connectivity index (χ1) is 20.7. The highest BCUT2D eigenvalue weighted by Crippen LogP contribution is 2.31. The van der Waals surface area contributed by atoms with Crippen LogP contribution < -0.4 is 10.1 Å². The van der Waals surface area contributed by atoms with Gasteiger partial charge >= 0.3 is 5.97 Å². The van der Waals surface area contributed by atoms with E-state index in [9.17, 15) is 19.1 Å². The number of carboxylic acids is 1. The average molecular weight is 587 g/mol. The van der Waals surface area contributed by atoms with Gasteiger partial charge in [0, 0.05) is 30.2 Å². The first-order valence-electron chi connectivity index (χ1n) is 13.5. The summed E-state index contributed by atoms with van der Waals surface area (Å²) in [7, 11) is 0. The molecular formula is C32H25F3N4O4. The molecule has 5 aromatic rings. The van der Waals surface area contributed by atoms with Crippen molar-refractivity contribution in [3.8, 4) is 17.1 Å². The number of halogens is 3. The summed E-state index contributed by atoms with van der Waals surface area (Å²) in [6.07, 6.45) is 0.285. The number of ether oxygens (including phenoxy) is 1. The van der Waals surface area contributed by atoms with Crippen molar-refractivity contribution in [3.63, 3.8) is 0 Å². The minimum atomic E-state index is -1.14. The SMILES string of the molecule is Cc1ccc(COc2cccc(-c3cc(F)c(Cc4nc5ccc(C(=O)O)cc5n4[C@@H]4CCNC4=O)cc3F)n2)c(F)c1. The van der Waals surface area contributed by atoms with Gasteiger partial charge in [-0.05, 0) is 66.9 Å². The number of amides is 1. The number of imidazole rings is 1. The number of carbonyl (C=O) groups excluding carboxylic acids is 1. The molecule has 43 heavy (non-hydrogen) atoms. The standard InChI is InChI=1S/C32H25F3N4O4/c1-17-5-6-19(22(33)11-17)16-43-30-4-2-3-25(38-30)21-15-23(34)20(12-24(21)35)14-29-37-26-8-7-18(32(41)42)13-28(26)39(29)27-9-10-36-31(27)40/h2-8,11-13,15,27H,9-10,14,16H2,1H3,(H,36,40)(H,41,42)/t27-/m1/s1. The van der Waals surface area contributed by atoms with Gasteiger partial charge < -0.3 is 19.7 Å². The summed E-state index contributed by atoms with van der Waals surface area (Å²) in [6, 6.07) is 15.2. The lowest BCUT2D eigenvalue weighted by Gasteiger charge is -2.15. The van der Waals surface area contributed by atoms with Gasteiger partial charge in [0.2, 0.25) is 11.8 Å². The largest absolute Gasteiger partial charge is 0.478 e. The number of nitrogens with zero attached hydrogens (tertiary/aromatic N) is 3. The van der Waals surface area contributed by atoms with E-state index in [0.29, 0.717) is 35.4 Å². The molecule has 1 aliphatic rings. The van der Waals surface area contributed by atoms with Crippen molar-refractivity contribution in [2.24, 2.45) is 0 Å². The van der Waals surface area contributed by atoms with Crippen molar-refractivity contribution in [3.05, 3.63) is 112 Å². The number of hydrogen-bond acceptors (Lipinski definition) is 5. The van der Waals surface area contributed by atoms with Crippen molar-refractivity contribution in [2.75, 3.05) is 6.54 Å². The Bertz CT molecular complexity index is 1910. The van der Waals surface area contributed by atoms with Crippen LogP contribution in [-0.2, 0) is 17.8 Å². The summed E-state index contributed by atoms with van der Waals surface area (Å²) in [4.78, 5) is 33.0. The van der Waals surface area contributed by atoms with Gasteiger partial charge in [-0.15, -0.1) is 0 Å². The number of carboxylic acid groups (broad SMARTS) is 1. The molecule has 0 unspecified atom stereocenters. The lowest BCUT2D eigenvalue weighted by atomic mass is 10.0. The number of carbonyl (C=O) groups is 2. The van der Waals surface area contributed by atoms with E-state index in [1.54, 1.807) is 29.7 Å². The number of pyridine rings is 1. The van der Waals surface area contributed by atoms with Crippen molar-refractivity contribution in [2.45, 2.75) is 32.4 Å². The van der Waals surface area contributed by atoms with Crippen molar-refractivity contribution >= 4 is 22.9 Å². The summed E-state index contributed by atoms with van der Waals surface area (Å²) in [5, 5.41) is 12.2. The Kier molecular flexibility index (Phi) is 7.31. The minimum absolute atomic E-state index is 0.00285. The Morgan fingerprint density at radius 1 is 1.00 bits per heavy atom. The highest BCUT2D eigenvalue weighted by atomic mass is 19.1. The lowest BCUT2D eigenvalue weighted by molar-refractivity contribution is -0.121. The van der Waals surface area contributed by atoms with E-state index >= 15 is 8.78 Å². The Morgan fingerprint density at radius 3 is 2.56 bits per heavy atom. The number of nitrogens with one attached hydrogen (secondary N) is 1. The molecular weight excluding hydrogens is 561 g/mol. The highest BCUT2D eigenvalue weighted by molar-refractivity contribution is 5.93. The fourth-order valence-corrected chi connectivity index (χ4v) is 5.23. The Morgan fingerprint density at radius 2 is 1.81 bits per heavy atom. The molecule has 1 fully saturated rings. The first kappa shape index (κ1) is 28.0. The molecule has 1 saturated heterocycles. The van der Waals surface area contributed by atoms with Gasteiger partial charge in [0.25, 0.3) is 0 Å². The normalized spacial score (nSPS) is 14.7. The summed E-state index contributed by atoms with van der Waals surface area (Å²) < 4.78 is 52.4. The zero-order valence-electron chi connectivity index (χ0n) is 22.9. The molecule has 1 amide bonds. The van der Waals surface area contributed by atoms with Gasteiger partial charge in [0.1, 0.15) is 35.9 Å². The molecule has 0 spiro atoms. The second-order valence-electron chi connectivity index (χ2n) is 10.3. The fourth-order valence-electron chi connectivity index (χ4n) is 5.23. The van der Waals surface area contributed by atoms with Gasteiger partial charge in [-0.1, -0.05) is 18.2 Å². The zero-order valence-corrected chi connectivity index (χ0v) is 22.9. The molecule has 3 aromatic carbocycles. The van der Waals surface area contributed by atoms with Crippen LogP contribution in [0.25, 0.3) is 22.3 Å². The number of rotatable bonds is 8. The van der Waals surface area contributed by atoms with E-state index in [0.717, 1.165) is 17.7 Å². The molecule has 3 heterocycles. The van der Waals surface area contributed by atoms with Crippen LogP contribution in [0, 0.1) is 24.4 Å². The molecule has 218 valence electrons. The number of hydrogen-bond donors (Lipinski definition) is 2. The van der Waals surface area contributed by atoms with Crippen LogP contribution in [0.5, 0.6) is 5.88 Å². The van der Waals surface area contributed by atoms with E-state index in [1.165, 1.54) is 36.4 Å². The minimum Gasteiger partial charge on any atom is -0.478 e. The summed E-state index contributed by atoms with van der Waals surface area (Å²) in [5.41, 5.74) is 2.00. The van der Waals surface area contributed by atoms with E-state index < -0.39 is 29.5 Å². The zero-order chi connectivity index (χ0) is 30.2. The van der Waals surface area contributed by atoms with Crippen molar-refractivity contribution < 1.29 is 32.6 Å². The van der Waals surface area contributed by atoms with E-state index in [-0.39, 0.29) is 47.2 Å². The molecule has 11 heteroatoms. The van der Waals surface area contributed by atoms with Gasteiger partial charge in [-0.25, -0.2) is 27.9 Å².